The van der Waals surface area contributed by atoms with Crippen molar-refractivity contribution in [1.82, 2.24) is 9.78 Å². The number of esters is 2. The number of rotatable bonds is 8. The lowest BCUT2D eigenvalue weighted by molar-refractivity contribution is 0.0506. The Morgan fingerprint density at radius 2 is 1.93 bits per heavy atom. The number of carbonyl (C=O) groups is 3. The van der Waals surface area contributed by atoms with Gasteiger partial charge in [-0.25, -0.2) is 9.59 Å². The molecule has 0 radical (unpaired) electrons. The predicted molar refractivity (Wildman–Crippen MR) is 101 cm³/mol. The molecular weight excluding hydrogens is 370 g/mol. The van der Waals surface area contributed by atoms with Crippen molar-refractivity contribution in [2.24, 2.45) is 0 Å². The van der Waals surface area contributed by atoms with Crippen molar-refractivity contribution in [3.05, 3.63) is 34.0 Å². The summed E-state index contributed by atoms with van der Waals surface area (Å²) in [5, 5.41) is 7.02. The first-order valence-electron chi connectivity index (χ1n) is 8.74. The van der Waals surface area contributed by atoms with E-state index >= 15 is 0 Å². The van der Waals surface area contributed by atoms with E-state index in [1.165, 1.54) is 6.20 Å². The molecule has 0 saturated carbocycles. The Hall–Kier alpha value is -2.68. The monoisotopic (exact) mass is 393 g/mol. The fourth-order valence-corrected chi connectivity index (χ4v) is 3.42. The Bertz CT molecular complexity index is 840. The standard InChI is InChI=1S/C18H23N3O5S/c1-5-8-26-17(23)13-11(4)14(18(24)25-7-3)27-16(13)20-15(22)12-9-19-21(6-2)10-12/h9-10H,5-8H2,1-4H3,(H,20,22). The maximum absolute atomic E-state index is 12.5. The molecule has 0 spiro atoms. The van der Waals surface area contributed by atoms with Gasteiger partial charge in [0.1, 0.15) is 9.88 Å². The molecule has 0 saturated heterocycles. The molecule has 1 N–H and O–H groups in total. The van der Waals surface area contributed by atoms with Crippen LogP contribution in [0, 0.1) is 6.92 Å². The maximum atomic E-state index is 12.5. The Morgan fingerprint density at radius 3 is 2.52 bits per heavy atom. The van der Waals surface area contributed by atoms with Crippen molar-refractivity contribution in [3.8, 4) is 0 Å². The summed E-state index contributed by atoms with van der Waals surface area (Å²) in [7, 11) is 0. The molecular formula is C18H23N3O5S. The number of carbonyl (C=O) groups excluding carboxylic acids is 3. The second-order valence-corrected chi connectivity index (χ2v) is 6.68. The topological polar surface area (TPSA) is 99.5 Å². The lowest BCUT2D eigenvalue weighted by atomic mass is 10.1. The van der Waals surface area contributed by atoms with Gasteiger partial charge in [-0.3, -0.25) is 9.48 Å². The number of aryl methyl sites for hydroxylation is 1. The third kappa shape index (κ3) is 4.73. The van der Waals surface area contributed by atoms with Gasteiger partial charge in [0, 0.05) is 12.7 Å². The minimum Gasteiger partial charge on any atom is -0.462 e. The van der Waals surface area contributed by atoms with Gasteiger partial charge < -0.3 is 14.8 Å². The van der Waals surface area contributed by atoms with E-state index < -0.39 is 17.8 Å². The van der Waals surface area contributed by atoms with Gasteiger partial charge in [-0.15, -0.1) is 11.3 Å². The molecule has 146 valence electrons. The Kier molecular flexibility index (Phi) is 7.12. The number of nitrogens with zero attached hydrogens (tertiary/aromatic N) is 2. The molecule has 2 rings (SSSR count). The molecule has 8 nitrogen and oxygen atoms in total. The van der Waals surface area contributed by atoms with Gasteiger partial charge >= 0.3 is 11.9 Å². The van der Waals surface area contributed by atoms with Gasteiger partial charge in [-0.05, 0) is 32.8 Å². The smallest absolute Gasteiger partial charge is 0.348 e. The highest BCUT2D eigenvalue weighted by Crippen LogP contribution is 2.34. The summed E-state index contributed by atoms with van der Waals surface area (Å²) in [5.41, 5.74) is 0.959. The lowest BCUT2D eigenvalue weighted by Crippen LogP contribution is -2.15. The highest BCUT2D eigenvalue weighted by atomic mass is 32.1. The first-order chi connectivity index (χ1) is 12.9. The number of nitrogens with one attached hydrogen (secondary N) is 1. The third-order valence-corrected chi connectivity index (χ3v) is 4.88. The van der Waals surface area contributed by atoms with Gasteiger partial charge in [0.05, 0.1) is 30.5 Å². The van der Waals surface area contributed by atoms with E-state index in [0.717, 1.165) is 11.3 Å². The molecule has 9 heteroatoms. The fourth-order valence-electron chi connectivity index (χ4n) is 2.33. The van der Waals surface area contributed by atoms with Crippen molar-refractivity contribution in [2.45, 2.75) is 40.7 Å². The van der Waals surface area contributed by atoms with E-state index in [4.69, 9.17) is 9.47 Å². The van der Waals surface area contributed by atoms with E-state index in [2.05, 4.69) is 10.4 Å². The number of hydrogen-bond acceptors (Lipinski definition) is 7. The zero-order valence-corrected chi connectivity index (χ0v) is 16.6. The van der Waals surface area contributed by atoms with E-state index in [9.17, 15) is 14.4 Å². The summed E-state index contributed by atoms with van der Waals surface area (Å²) < 4.78 is 11.9. The summed E-state index contributed by atoms with van der Waals surface area (Å²) in [6.07, 6.45) is 3.72. The van der Waals surface area contributed by atoms with E-state index in [-0.39, 0.29) is 28.7 Å². The van der Waals surface area contributed by atoms with Gasteiger partial charge in [0.15, 0.2) is 0 Å². The molecule has 2 aromatic heterocycles. The van der Waals surface area contributed by atoms with Gasteiger partial charge in [-0.1, -0.05) is 6.92 Å². The average molecular weight is 393 g/mol. The van der Waals surface area contributed by atoms with Crippen molar-refractivity contribution in [1.29, 1.82) is 0 Å². The predicted octanol–water partition coefficient (Wildman–Crippen LogP) is 3.27. The molecule has 0 fully saturated rings. The molecule has 0 aromatic carbocycles. The van der Waals surface area contributed by atoms with Gasteiger partial charge in [0.25, 0.3) is 5.91 Å². The Morgan fingerprint density at radius 1 is 1.19 bits per heavy atom. The van der Waals surface area contributed by atoms with Crippen LogP contribution in [0.3, 0.4) is 0 Å². The van der Waals surface area contributed by atoms with Crippen LogP contribution in [-0.4, -0.2) is 40.8 Å². The minimum absolute atomic E-state index is 0.174. The van der Waals surface area contributed by atoms with Crippen molar-refractivity contribution >= 4 is 34.2 Å². The summed E-state index contributed by atoms with van der Waals surface area (Å²) >= 11 is 0.997. The normalized spacial score (nSPS) is 10.5. The molecule has 2 heterocycles. The number of amides is 1. The van der Waals surface area contributed by atoms with Crippen LogP contribution in [0.2, 0.25) is 0 Å². The highest BCUT2D eigenvalue weighted by molar-refractivity contribution is 7.18. The SMILES string of the molecule is CCCOC(=O)c1c(NC(=O)c2cnn(CC)c2)sc(C(=O)OCC)c1C. The third-order valence-electron chi connectivity index (χ3n) is 3.70. The first-order valence-corrected chi connectivity index (χ1v) is 9.55. The molecule has 0 atom stereocenters. The molecule has 0 aliphatic carbocycles. The van der Waals surface area contributed by atoms with Crippen LogP contribution in [0.4, 0.5) is 5.00 Å². The molecule has 27 heavy (non-hydrogen) atoms. The van der Waals surface area contributed by atoms with E-state index in [0.29, 0.717) is 24.1 Å². The van der Waals surface area contributed by atoms with E-state index in [1.54, 1.807) is 24.7 Å². The fraction of sp³-hybridized carbons (Fsp3) is 0.444. The van der Waals surface area contributed by atoms with Crippen LogP contribution in [-0.2, 0) is 16.0 Å². The molecule has 2 aromatic rings. The number of hydrogen-bond donors (Lipinski definition) is 1. The van der Waals surface area contributed by atoms with E-state index in [1.807, 2.05) is 13.8 Å². The van der Waals surface area contributed by atoms with Crippen molar-refractivity contribution in [2.75, 3.05) is 18.5 Å². The molecule has 1 amide bonds. The largest absolute Gasteiger partial charge is 0.462 e. The second-order valence-electron chi connectivity index (χ2n) is 5.66. The zero-order chi connectivity index (χ0) is 20.0. The van der Waals surface area contributed by atoms with Crippen LogP contribution in [0.15, 0.2) is 12.4 Å². The Balaban J connectivity index is 2.36. The zero-order valence-electron chi connectivity index (χ0n) is 15.8. The highest BCUT2D eigenvalue weighted by Gasteiger charge is 2.27. The first kappa shape index (κ1) is 20.6. The molecule has 0 bridgehead atoms. The maximum Gasteiger partial charge on any atom is 0.348 e. The van der Waals surface area contributed by atoms with Crippen LogP contribution < -0.4 is 5.32 Å². The second kappa shape index (κ2) is 9.31. The van der Waals surface area contributed by atoms with Crippen molar-refractivity contribution in [3.63, 3.8) is 0 Å². The molecule has 0 unspecified atom stereocenters. The summed E-state index contributed by atoms with van der Waals surface area (Å²) in [6.45, 7) is 8.22. The van der Waals surface area contributed by atoms with Crippen LogP contribution in [0.1, 0.15) is 63.1 Å². The molecule has 0 aliphatic rings. The van der Waals surface area contributed by atoms with Gasteiger partial charge in [0.2, 0.25) is 0 Å². The number of ether oxygens (including phenoxy) is 2. The summed E-state index contributed by atoms with van der Waals surface area (Å²) in [6, 6.07) is 0. The quantitative estimate of drug-likeness (QED) is 0.691. The minimum atomic E-state index is -0.583. The average Bonchev–Trinajstić information content (AvgIpc) is 3.24. The summed E-state index contributed by atoms with van der Waals surface area (Å²) in [5.74, 6) is -1.54. The van der Waals surface area contributed by atoms with Gasteiger partial charge in [-0.2, -0.15) is 5.10 Å². The lowest BCUT2D eigenvalue weighted by Gasteiger charge is -2.07. The number of aromatic nitrogens is 2. The van der Waals surface area contributed by atoms with Crippen molar-refractivity contribution < 1.29 is 23.9 Å². The Labute approximate surface area is 161 Å². The number of anilines is 1. The summed E-state index contributed by atoms with van der Waals surface area (Å²) in [4.78, 5) is 37.4. The van der Waals surface area contributed by atoms with Crippen LogP contribution in [0.25, 0.3) is 0 Å². The molecule has 0 aliphatic heterocycles. The number of thiophene rings is 1. The van der Waals surface area contributed by atoms with Crippen LogP contribution in [0.5, 0.6) is 0 Å². The van der Waals surface area contributed by atoms with Crippen LogP contribution >= 0.6 is 11.3 Å².